The van der Waals surface area contributed by atoms with E-state index >= 15 is 0 Å². The summed E-state index contributed by atoms with van der Waals surface area (Å²) in [7, 11) is 0. The van der Waals surface area contributed by atoms with Crippen LogP contribution in [0.3, 0.4) is 0 Å². The Morgan fingerprint density at radius 3 is 0.800 bits per heavy atom. The molecule has 0 saturated heterocycles. The molecule has 0 radical (unpaired) electrons. The molecule has 20 heavy (non-hydrogen) atoms. The quantitative estimate of drug-likeness (QED) is 0.703. The van der Waals surface area contributed by atoms with Gasteiger partial charge in [0.1, 0.15) is 0 Å². The van der Waals surface area contributed by atoms with Gasteiger partial charge in [0.05, 0.1) is 0 Å². The van der Waals surface area contributed by atoms with Crippen molar-refractivity contribution in [1.29, 1.82) is 0 Å². The van der Waals surface area contributed by atoms with Gasteiger partial charge in [0.2, 0.25) is 0 Å². The van der Waals surface area contributed by atoms with Gasteiger partial charge < -0.3 is 15.3 Å². The number of rotatable bonds is 6. The van der Waals surface area contributed by atoms with Gasteiger partial charge in [-0.1, -0.05) is 59.3 Å². The summed E-state index contributed by atoms with van der Waals surface area (Å²) in [6.45, 7) is 12.9. The van der Waals surface area contributed by atoms with Gasteiger partial charge in [-0.25, -0.2) is 0 Å². The van der Waals surface area contributed by atoms with E-state index < -0.39 is 0 Å². The fourth-order valence-corrected chi connectivity index (χ4v) is 0.433. The van der Waals surface area contributed by atoms with E-state index in [4.69, 9.17) is 0 Å². The SMILES string of the molecule is CCCC[O-].CCCC[O-].CCCC[O-].C[C](C)(C)[Ti+3]. The second kappa shape index (κ2) is 27.9. The molecule has 0 aliphatic heterocycles. The molecule has 0 aliphatic rings. The van der Waals surface area contributed by atoms with E-state index in [0.717, 1.165) is 38.5 Å². The van der Waals surface area contributed by atoms with E-state index in [2.05, 4.69) is 41.2 Å². The third-order valence-electron chi connectivity index (χ3n) is 1.49. The van der Waals surface area contributed by atoms with Crippen molar-refractivity contribution in [2.45, 2.75) is 83.8 Å². The molecular formula is C16H36O3Ti. The normalized spacial score (nSPS) is 9.35. The van der Waals surface area contributed by atoms with Crippen LogP contribution in [0.2, 0.25) is 3.72 Å². The first kappa shape index (κ1) is 28.7. The summed E-state index contributed by atoms with van der Waals surface area (Å²) in [5.41, 5.74) is 0. The zero-order valence-corrected chi connectivity index (χ0v) is 16.2. The van der Waals surface area contributed by atoms with Crippen LogP contribution in [0.15, 0.2) is 0 Å². The van der Waals surface area contributed by atoms with Crippen molar-refractivity contribution in [1.82, 2.24) is 0 Å². The van der Waals surface area contributed by atoms with Gasteiger partial charge in [-0.2, -0.15) is 0 Å². The molecular weight excluding hydrogens is 288 g/mol. The van der Waals surface area contributed by atoms with Gasteiger partial charge in [0, 0.05) is 0 Å². The van der Waals surface area contributed by atoms with E-state index in [0.29, 0.717) is 3.72 Å². The van der Waals surface area contributed by atoms with Crippen molar-refractivity contribution < 1.29 is 35.8 Å². The molecule has 0 aromatic rings. The number of unbranched alkanes of at least 4 members (excludes halogenated alkanes) is 3. The Labute approximate surface area is 139 Å². The van der Waals surface area contributed by atoms with Crippen molar-refractivity contribution >= 4 is 0 Å². The number of hydrogen-bond acceptors (Lipinski definition) is 3. The standard InChI is InChI=1S/3C4H9O.C4H9.Ti/c3*1-2-3-4-5;1-4(2)3;/h3*2-4H2,1H3;1-3H3;/q3*-1;;+3. The van der Waals surface area contributed by atoms with Crippen molar-refractivity contribution in [3.8, 4) is 0 Å². The fraction of sp³-hybridized carbons (Fsp3) is 1.00. The molecule has 0 amide bonds. The van der Waals surface area contributed by atoms with Gasteiger partial charge in [-0.3, -0.25) is 0 Å². The minimum absolute atomic E-state index is 0.0938. The Bertz CT molecular complexity index is 99.1. The van der Waals surface area contributed by atoms with Crippen molar-refractivity contribution in [3.05, 3.63) is 0 Å². The van der Waals surface area contributed by atoms with Gasteiger partial charge in [0.25, 0.3) is 0 Å². The Morgan fingerprint density at radius 1 is 0.650 bits per heavy atom. The maximum absolute atomic E-state index is 9.53. The average molecular weight is 324 g/mol. The van der Waals surface area contributed by atoms with Crippen LogP contribution in [0.1, 0.15) is 80.1 Å². The van der Waals surface area contributed by atoms with Crippen LogP contribution >= 0.6 is 0 Å². The van der Waals surface area contributed by atoms with Gasteiger partial charge in [0.15, 0.2) is 0 Å². The van der Waals surface area contributed by atoms with E-state index in [1.807, 2.05) is 20.8 Å². The Hall–Kier alpha value is 0.594. The molecule has 0 atom stereocenters. The molecule has 3 nitrogen and oxygen atoms in total. The van der Waals surface area contributed by atoms with E-state index in [9.17, 15) is 15.3 Å². The average Bonchev–Trinajstić information content (AvgIpc) is 2.31. The second-order valence-electron chi connectivity index (χ2n) is 5.42. The summed E-state index contributed by atoms with van der Waals surface area (Å²) in [5, 5.41) is 28.6. The molecule has 0 fully saturated rings. The molecule has 4 heteroatoms. The molecule has 0 bridgehead atoms. The monoisotopic (exact) mass is 324 g/mol. The number of hydrogen-bond donors (Lipinski definition) is 0. The molecule has 0 unspecified atom stereocenters. The van der Waals surface area contributed by atoms with Crippen LogP contribution in [0.4, 0.5) is 0 Å². The summed E-state index contributed by atoms with van der Waals surface area (Å²) < 4.78 is 0.500. The van der Waals surface area contributed by atoms with E-state index in [-0.39, 0.29) is 19.8 Å². The Morgan fingerprint density at radius 2 is 0.800 bits per heavy atom. The van der Waals surface area contributed by atoms with Crippen molar-refractivity contribution in [2.24, 2.45) is 0 Å². The molecule has 0 aromatic heterocycles. The summed E-state index contributed by atoms with van der Waals surface area (Å²) in [4.78, 5) is 0. The zero-order valence-electron chi connectivity index (χ0n) is 14.6. The summed E-state index contributed by atoms with van der Waals surface area (Å²) in [6, 6.07) is 0. The predicted molar refractivity (Wildman–Crippen MR) is 79.0 cm³/mol. The molecule has 0 N–H and O–H groups in total. The van der Waals surface area contributed by atoms with Crippen LogP contribution < -0.4 is 15.3 Å². The van der Waals surface area contributed by atoms with Crippen LogP contribution in [-0.4, -0.2) is 19.8 Å². The van der Waals surface area contributed by atoms with Crippen LogP contribution in [0.25, 0.3) is 0 Å². The molecule has 122 valence electrons. The van der Waals surface area contributed by atoms with Crippen LogP contribution in [-0.2, 0) is 20.4 Å². The zero-order chi connectivity index (χ0) is 16.9. The molecule has 0 aliphatic carbocycles. The first-order valence-electron chi connectivity index (χ1n) is 7.74. The second-order valence-corrected chi connectivity index (χ2v) is 7.77. The fourth-order valence-electron chi connectivity index (χ4n) is 0.433. The topological polar surface area (TPSA) is 69.2 Å². The summed E-state index contributed by atoms with van der Waals surface area (Å²) in [6.07, 6.45) is 5.59. The van der Waals surface area contributed by atoms with Crippen LogP contribution in [0.5, 0.6) is 0 Å². The first-order valence-corrected chi connectivity index (χ1v) is 8.52. The molecule has 0 spiro atoms. The van der Waals surface area contributed by atoms with Gasteiger partial charge >= 0.3 is 44.9 Å². The maximum atomic E-state index is 9.53. The molecule has 0 saturated carbocycles. The van der Waals surface area contributed by atoms with Gasteiger partial charge in [-0.05, 0) is 0 Å². The molecule has 0 aromatic carbocycles. The van der Waals surface area contributed by atoms with E-state index in [1.54, 1.807) is 0 Å². The Balaban J connectivity index is -0.0000000853. The third kappa shape index (κ3) is 132. The summed E-state index contributed by atoms with van der Waals surface area (Å²) in [5.74, 6) is 0. The molecule has 0 rings (SSSR count). The molecule has 0 heterocycles. The first-order chi connectivity index (χ1) is 9.24. The van der Waals surface area contributed by atoms with Crippen LogP contribution in [0, 0.1) is 0 Å². The minimum atomic E-state index is 0.0938. The van der Waals surface area contributed by atoms with Crippen molar-refractivity contribution in [2.75, 3.05) is 19.8 Å². The Kier molecular flexibility index (Phi) is 40.0. The summed E-state index contributed by atoms with van der Waals surface area (Å²) >= 11 is 2.19. The third-order valence-corrected chi connectivity index (χ3v) is 1.49. The van der Waals surface area contributed by atoms with Crippen molar-refractivity contribution in [3.63, 3.8) is 0 Å². The van der Waals surface area contributed by atoms with E-state index in [1.165, 1.54) is 0 Å². The predicted octanol–water partition coefficient (Wildman–Crippen LogP) is 2.19. The van der Waals surface area contributed by atoms with Gasteiger partial charge in [-0.15, -0.1) is 19.8 Å².